The van der Waals surface area contributed by atoms with Crippen LogP contribution in [0.5, 0.6) is 0 Å². The van der Waals surface area contributed by atoms with E-state index in [1.165, 1.54) is 12.4 Å². The third-order valence-electron chi connectivity index (χ3n) is 8.03. The van der Waals surface area contributed by atoms with Gasteiger partial charge in [-0.05, 0) is 50.7 Å². The summed E-state index contributed by atoms with van der Waals surface area (Å²) in [6.07, 6.45) is 7.81. The van der Waals surface area contributed by atoms with Crippen molar-refractivity contribution in [1.29, 1.82) is 0 Å². The molecule has 41 heavy (non-hydrogen) atoms. The standard InChI is InChI=1S/C29H34F3N7O2/c30-29(31,32)27-33-14-22(15-34-27)39-12-4-7-21(17-39)36-23-8-1-2-9-24(23)38-28-35-16-25(41-28)18-5-3-6-19(13-18)26(40)37-20-10-11-20/h3,5-6,13-16,20-21,23-24,36H,1-2,4,7-12,17H2,(H,35,38)(H,37,40)/t21-,23+,24+/m0/s1. The molecule has 1 aliphatic heterocycles. The van der Waals surface area contributed by atoms with Gasteiger partial charge in [-0.25, -0.2) is 15.0 Å². The van der Waals surface area contributed by atoms with E-state index in [2.05, 4.69) is 30.9 Å². The zero-order valence-electron chi connectivity index (χ0n) is 22.7. The first-order valence-corrected chi connectivity index (χ1v) is 14.4. The largest absolute Gasteiger partial charge is 0.451 e. The summed E-state index contributed by atoms with van der Waals surface area (Å²) in [6.45, 7) is 1.42. The molecule has 0 radical (unpaired) electrons. The van der Waals surface area contributed by atoms with Crippen molar-refractivity contribution in [2.75, 3.05) is 23.3 Å². The number of anilines is 2. The Balaban J connectivity index is 1.07. The van der Waals surface area contributed by atoms with E-state index in [-0.39, 0.29) is 24.0 Å². The van der Waals surface area contributed by atoms with Crippen molar-refractivity contribution >= 4 is 17.6 Å². The SMILES string of the molecule is O=C(NC1CC1)c1cccc(-c2cnc(N[C@@H]3CCCC[C@H]3N[C@H]3CCCN(c4cnc(C(F)(F)F)nc4)C3)o2)c1. The van der Waals surface area contributed by atoms with E-state index in [0.29, 0.717) is 35.6 Å². The molecule has 0 bridgehead atoms. The third-order valence-corrected chi connectivity index (χ3v) is 8.03. The lowest BCUT2D eigenvalue weighted by Gasteiger charge is -2.40. The Bertz CT molecular complexity index is 1340. The predicted octanol–water partition coefficient (Wildman–Crippen LogP) is 5.02. The van der Waals surface area contributed by atoms with Gasteiger partial charge in [0.2, 0.25) is 5.82 Å². The monoisotopic (exact) mass is 569 g/mol. The summed E-state index contributed by atoms with van der Waals surface area (Å²) >= 11 is 0. The molecule has 3 aliphatic rings. The third kappa shape index (κ3) is 6.80. The molecule has 3 aromatic rings. The summed E-state index contributed by atoms with van der Waals surface area (Å²) in [7, 11) is 0. The molecule has 0 spiro atoms. The number of amides is 1. The number of benzene rings is 1. The van der Waals surface area contributed by atoms with Crippen LogP contribution < -0.4 is 20.9 Å². The van der Waals surface area contributed by atoms with Crippen LogP contribution in [0.3, 0.4) is 0 Å². The lowest BCUT2D eigenvalue weighted by molar-refractivity contribution is -0.145. The minimum Gasteiger partial charge on any atom is -0.424 e. The van der Waals surface area contributed by atoms with Gasteiger partial charge in [0, 0.05) is 48.4 Å². The number of aromatic nitrogens is 3. The molecule has 6 rings (SSSR count). The summed E-state index contributed by atoms with van der Waals surface area (Å²) in [5, 5.41) is 10.3. The second-order valence-electron chi connectivity index (χ2n) is 11.2. The van der Waals surface area contributed by atoms with Crippen LogP contribution in [0.4, 0.5) is 24.9 Å². The van der Waals surface area contributed by atoms with E-state index in [1.807, 2.05) is 23.1 Å². The molecule has 3 heterocycles. The fraction of sp³-hybridized carbons (Fsp3) is 0.517. The van der Waals surface area contributed by atoms with Crippen molar-refractivity contribution in [2.45, 2.75) is 81.7 Å². The number of halogens is 3. The molecule has 0 unspecified atom stereocenters. The normalized spacial score (nSPS) is 23.3. The van der Waals surface area contributed by atoms with Gasteiger partial charge >= 0.3 is 6.18 Å². The molecule has 3 N–H and O–H groups in total. The number of piperidine rings is 1. The van der Waals surface area contributed by atoms with Crippen LogP contribution in [0, 0.1) is 0 Å². The van der Waals surface area contributed by atoms with Gasteiger partial charge in [-0.2, -0.15) is 13.2 Å². The lowest BCUT2D eigenvalue weighted by Crippen LogP contribution is -2.55. The second-order valence-corrected chi connectivity index (χ2v) is 11.2. The van der Waals surface area contributed by atoms with Crippen LogP contribution >= 0.6 is 0 Å². The minimum absolute atomic E-state index is 0.0736. The Kier molecular flexibility index (Phi) is 7.83. The van der Waals surface area contributed by atoms with Gasteiger partial charge in [-0.15, -0.1) is 0 Å². The second kappa shape index (κ2) is 11.7. The molecule has 2 aliphatic carbocycles. The number of nitrogens with zero attached hydrogens (tertiary/aromatic N) is 4. The van der Waals surface area contributed by atoms with E-state index < -0.39 is 12.0 Å². The molecule has 1 aromatic carbocycles. The first-order chi connectivity index (χ1) is 19.8. The van der Waals surface area contributed by atoms with Crippen molar-refractivity contribution in [3.8, 4) is 11.3 Å². The van der Waals surface area contributed by atoms with Crippen LogP contribution in [0.15, 0.2) is 47.3 Å². The smallest absolute Gasteiger partial charge is 0.424 e. The first-order valence-electron chi connectivity index (χ1n) is 14.4. The van der Waals surface area contributed by atoms with Gasteiger partial charge in [0.05, 0.1) is 24.3 Å². The number of hydrogen-bond acceptors (Lipinski definition) is 8. The molecule has 2 aromatic heterocycles. The highest BCUT2D eigenvalue weighted by Gasteiger charge is 2.35. The lowest BCUT2D eigenvalue weighted by atomic mass is 9.89. The fourth-order valence-corrected chi connectivity index (χ4v) is 5.73. The Morgan fingerprint density at radius 3 is 2.46 bits per heavy atom. The van der Waals surface area contributed by atoms with E-state index in [0.717, 1.165) is 63.5 Å². The van der Waals surface area contributed by atoms with E-state index >= 15 is 0 Å². The average molecular weight is 570 g/mol. The van der Waals surface area contributed by atoms with E-state index in [4.69, 9.17) is 4.42 Å². The Labute approximate surface area is 236 Å². The maximum atomic E-state index is 12.9. The van der Waals surface area contributed by atoms with Gasteiger partial charge < -0.3 is 25.3 Å². The van der Waals surface area contributed by atoms with Crippen LogP contribution in [0.1, 0.15) is 67.5 Å². The highest BCUT2D eigenvalue weighted by atomic mass is 19.4. The molecule has 3 atom stereocenters. The number of carbonyl (C=O) groups is 1. The molecule has 1 amide bonds. The number of nitrogens with one attached hydrogen (secondary N) is 3. The van der Waals surface area contributed by atoms with Crippen molar-refractivity contribution in [3.63, 3.8) is 0 Å². The summed E-state index contributed by atoms with van der Waals surface area (Å²) in [5.74, 6) is -0.600. The topological polar surface area (TPSA) is 108 Å². The molecule has 1 saturated heterocycles. The van der Waals surface area contributed by atoms with Gasteiger partial charge in [0.25, 0.3) is 11.9 Å². The zero-order chi connectivity index (χ0) is 28.4. The fourth-order valence-electron chi connectivity index (χ4n) is 5.73. The van der Waals surface area contributed by atoms with E-state index in [9.17, 15) is 18.0 Å². The van der Waals surface area contributed by atoms with E-state index in [1.54, 1.807) is 12.3 Å². The minimum atomic E-state index is -4.55. The van der Waals surface area contributed by atoms with Gasteiger partial charge in [0.1, 0.15) is 0 Å². The molecule has 2 saturated carbocycles. The van der Waals surface area contributed by atoms with Crippen LogP contribution in [0.25, 0.3) is 11.3 Å². The van der Waals surface area contributed by atoms with Crippen molar-refractivity contribution in [3.05, 3.63) is 54.2 Å². The molecule has 12 heteroatoms. The number of oxazole rings is 1. The van der Waals surface area contributed by atoms with Crippen LogP contribution in [-0.4, -0.2) is 58.1 Å². The summed E-state index contributed by atoms with van der Waals surface area (Å²) < 4.78 is 44.7. The Morgan fingerprint density at radius 1 is 0.927 bits per heavy atom. The number of rotatable bonds is 8. The molecular formula is C29H34F3N7O2. The molecule has 3 fully saturated rings. The van der Waals surface area contributed by atoms with Gasteiger partial charge in [-0.1, -0.05) is 25.0 Å². The highest BCUT2D eigenvalue weighted by Crippen LogP contribution is 2.29. The zero-order valence-corrected chi connectivity index (χ0v) is 22.7. The van der Waals surface area contributed by atoms with Gasteiger partial charge in [-0.3, -0.25) is 4.79 Å². The average Bonchev–Trinajstić information content (AvgIpc) is 3.67. The van der Waals surface area contributed by atoms with Crippen molar-refractivity contribution < 1.29 is 22.4 Å². The Hall–Kier alpha value is -3.67. The number of carbonyl (C=O) groups excluding carboxylic acids is 1. The molecular weight excluding hydrogens is 535 g/mol. The predicted molar refractivity (Wildman–Crippen MR) is 147 cm³/mol. The highest BCUT2D eigenvalue weighted by molar-refractivity contribution is 5.95. The van der Waals surface area contributed by atoms with Gasteiger partial charge in [0.15, 0.2) is 5.76 Å². The van der Waals surface area contributed by atoms with Crippen LogP contribution in [0.2, 0.25) is 0 Å². The van der Waals surface area contributed by atoms with Crippen molar-refractivity contribution in [2.24, 2.45) is 0 Å². The molecule has 218 valence electrons. The van der Waals surface area contributed by atoms with Crippen LogP contribution in [-0.2, 0) is 6.18 Å². The maximum absolute atomic E-state index is 12.9. The first kappa shape index (κ1) is 27.5. The summed E-state index contributed by atoms with van der Waals surface area (Å²) in [4.78, 5) is 26.0. The molecule has 9 nitrogen and oxygen atoms in total. The Morgan fingerprint density at radius 2 is 1.71 bits per heavy atom. The summed E-state index contributed by atoms with van der Waals surface area (Å²) in [5.41, 5.74) is 1.99. The van der Waals surface area contributed by atoms with Crippen molar-refractivity contribution in [1.82, 2.24) is 25.6 Å². The number of hydrogen-bond donors (Lipinski definition) is 3. The number of alkyl halides is 3. The maximum Gasteiger partial charge on any atom is 0.451 e. The summed E-state index contributed by atoms with van der Waals surface area (Å²) in [6, 6.07) is 8.60. The quantitative estimate of drug-likeness (QED) is 0.347.